The Morgan fingerprint density at radius 2 is 2.13 bits per heavy atom. The monoisotopic (exact) mass is 467 g/mol. The summed E-state index contributed by atoms with van der Waals surface area (Å²) >= 11 is 6.23. The maximum atomic E-state index is 13.7. The molecule has 0 saturated carbocycles. The molecule has 2 aliphatic rings. The number of anilines is 1. The third-order valence-corrected chi connectivity index (χ3v) is 7.94. The van der Waals surface area contributed by atoms with Crippen LogP contribution in [0.15, 0.2) is 23.1 Å². The molecular weight excluding hydrogens is 442 g/mol. The van der Waals surface area contributed by atoms with Crippen molar-refractivity contribution < 1.29 is 22.7 Å². The zero-order valence-electron chi connectivity index (χ0n) is 17.5. The van der Waals surface area contributed by atoms with Gasteiger partial charge in [0, 0.05) is 32.5 Å². The fraction of sp³-hybridized carbons (Fsp3) is 0.524. The van der Waals surface area contributed by atoms with Crippen LogP contribution in [0.2, 0.25) is 5.02 Å². The van der Waals surface area contributed by atoms with Crippen molar-refractivity contribution in [3.8, 4) is 12.3 Å². The molecule has 2 amide bonds. The number of carbonyl (C=O) groups is 2. The second-order valence-electron chi connectivity index (χ2n) is 7.81. The van der Waals surface area contributed by atoms with Crippen LogP contribution in [0.3, 0.4) is 0 Å². The molecule has 3 rings (SSSR count). The first-order valence-corrected chi connectivity index (χ1v) is 11.8. The number of nitrogens with zero attached hydrogens (tertiary/aromatic N) is 2. The molecule has 0 aliphatic carbocycles. The zero-order valence-corrected chi connectivity index (χ0v) is 19.1. The number of benzene rings is 1. The number of sulfonamides is 1. The Morgan fingerprint density at radius 3 is 2.74 bits per heavy atom. The number of hydrogen-bond acceptors (Lipinski definition) is 5. The maximum absolute atomic E-state index is 13.7. The lowest BCUT2D eigenvalue weighted by molar-refractivity contribution is -0.134. The van der Waals surface area contributed by atoms with E-state index in [0.29, 0.717) is 31.7 Å². The minimum absolute atomic E-state index is 0.0298. The summed E-state index contributed by atoms with van der Waals surface area (Å²) in [5, 5.41) is 2.66. The average molecular weight is 468 g/mol. The van der Waals surface area contributed by atoms with Gasteiger partial charge in [0.25, 0.3) is 0 Å². The van der Waals surface area contributed by atoms with Crippen LogP contribution < -0.4 is 5.32 Å². The van der Waals surface area contributed by atoms with E-state index in [1.54, 1.807) is 12.0 Å². The third kappa shape index (κ3) is 4.72. The predicted octanol–water partition coefficient (Wildman–Crippen LogP) is 1.95. The lowest BCUT2D eigenvalue weighted by atomic mass is 9.91. The normalized spacial score (nSPS) is 24.4. The number of fused-ring (bicyclic) bond motifs is 2. The van der Waals surface area contributed by atoms with E-state index < -0.39 is 22.1 Å². The lowest BCUT2D eigenvalue weighted by Crippen LogP contribution is -2.55. The van der Waals surface area contributed by atoms with E-state index in [-0.39, 0.29) is 34.2 Å². The van der Waals surface area contributed by atoms with Gasteiger partial charge in [-0.25, -0.2) is 8.42 Å². The average Bonchev–Trinajstić information content (AvgIpc) is 2.78. The van der Waals surface area contributed by atoms with E-state index in [0.717, 1.165) is 6.42 Å². The first-order valence-electron chi connectivity index (χ1n) is 10.0. The first kappa shape index (κ1) is 23.5. The number of hydrogen-bond donors (Lipinski definition) is 1. The number of amides is 2. The molecule has 2 saturated heterocycles. The fourth-order valence-corrected chi connectivity index (χ4v) is 6.64. The molecule has 2 bridgehead atoms. The molecule has 0 spiro atoms. The minimum Gasteiger partial charge on any atom is -0.384 e. The summed E-state index contributed by atoms with van der Waals surface area (Å²) in [6.07, 6.45) is 7.24. The molecule has 10 heteroatoms. The lowest BCUT2D eigenvalue weighted by Gasteiger charge is -2.40. The fourth-order valence-electron chi connectivity index (χ4n) is 4.43. The maximum Gasteiger partial charge on any atom is 0.244 e. The molecule has 2 heterocycles. The number of ether oxygens (including phenoxy) is 1. The van der Waals surface area contributed by atoms with Crippen LogP contribution in [-0.2, 0) is 24.3 Å². The Hall–Kier alpha value is -2.12. The topological polar surface area (TPSA) is 96.0 Å². The smallest absolute Gasteiger partial charge is 0.244 e. The van der Waals surface area contributed by atoms with E-state index in [1.165, 1.54) is 29.4 Å². The van der Waals surface area contributed by atoms with Crippen LogP contribution in [0.4, 0.5) is 5.69 Å². The summed E-state index contributed by atoms with van der Waals surface area (Å²) in [5.41, 5.74) is 0.317. The summed E-state index contributed by atoms with van der Waals surface area (Å²) in [5.74, 6) is 1.68. The molecule has 1 aromatic carbocycles. The summed E-state index contributed by atoms with van der Waals surface area (Å²) in [7, 11) is -2.50. The van der Waals surface area contributed by atoms with E-state index in [1.807, 2.05) is 0 Å². The van der Waals surface area contributed by atoms with Crippen LogP contribution in [0, 0.1) is 18.3 Å². The number of carbonyl (C=O) groups excluding carboxylic acids is 2. The summed E-state index contributed by atoms with van der Waals surface area (Å²) in [6.45, 7) is 2.10. The Labute approximate surface area is 187 Å². The molecule has 2 aliphatic heterocycles. The van der Waals surface area contributed by atoms with Gasteiger partial charge in [-0.2, -0.15) is 4.31 Å². The SMILES string of the molecule is C#CCN1C[C@H](COC)[C@@H]2CCCC(C1=O)N2S(=O)(=O)c1ccc(NC(C)=O)c(Cl)c1. The quantitative estimate of drug-likeness (QED) is 0.645. The number of methoxy groups -OCH3 is 1. The van der Waals surface area contributed by atoms with Gasteiger partial charge in [-0.15, -0.1) is 6.42 Å². The molecule has 1 unspecified atom stereocenters. The molecule has 2 fully saturated rings. The van der Waals surface area contributed by atoms with Crippen LogP contribution in [0.5, 0.6) is 0 Å². The van der Waals surface area contributed by atoms with Crippen LogP contribution in [0.1, 0.15) is 26.2 Å². The van der Waals surface area contributed by atoms with Crippen molar-refractivity contribution in [2.75, 3.05) is 32.1 Å². The van der Waals surface area contributed by atoms with Crippen LogP contribution in [-0.4, -0.2) is 68.3 Å². The van der Waals surface area contributed by atoms with Gasteiger partial charge in [0.1, 0.15) is 6.04 Å². The van der Waals surface area contributed by atoms with Crippen molar-refractivity contribution in [3.05, 3.63) is 23.2 Å². The highest BCUT2D eigenvalue weighted by Gasteiger charge is 2.50. The summed E-state index contributed by atoms with van der Waals surface area (Å²) in [4.78, 5) is 26.1. The zero-order chi connectivity index (χ0) is 22.8. The summed E-state index contributed by atoms with van der Waals surface area (Å²) in [6, 6.07) is 2.92. The predicted molar refractivity (Wildman–Crippen MR) is 117 cm³/mol. The number of rotatable bonds is 6. The Balaban J connectivity index is 2.05. The van der Waals surface area contributed by atoms with Crippen LogP contribution in [0.25, 0.3) is 0 Å². The number of piperidine rings is 1. The molecule has 0 aromatic heterocycles. The molecule has 3 atom stereocenters. The molecule has 1 aromatic rings. The second kappa shape index (κ2) is 9.57. The van der Waals surface area contributed by atoms with Crippen LogP contribution >= 0.6 is 11.6 Å². The van der Waals surface area contributed by atoms with Crippen molar-refractivity contribution in [1.82, 2.24) is 9.21 Å². The molecule has 31 heavy (non-hydrogen) atoms. The highest BCUT2D eigenvalue weighted by molar-refractivity contribution is 7.89. The Kier molecular flexibility index (Phi) is 7.27. The van der Waals surface area contributed by atoms with Gasteiger partial charge < -0.3 is 15.0 Å². The first-order chi connectivity index (χ1) is 14.7. The molecular formula is C21H26ClN3O5S. The number of halogens is 1. The molecule has 168 valence electrons. The van der Waals surface area contributed by atoms with Crippen molar-refractivity contribution in [2.45, 2.75) is 43.2 Å². The number of terminal acetylenes is 1. The molecule has 0 radical (unpaired) electrons. The van der Waals surface area contributed by atoms with Gasteiger partial charge in [0.15, 0.2) is 0 Å². The van der Waals surface area contributed by atoms with Crippen molar-refractivity contribution >= 4 is 39.1 Å². The van der Waals surface area contributed by atoms with Gasteiger partial charge in [-0.05, 0) is 37.5 Å². The third-order valence-electron chi connectivity index (χ3n) is 5.70. The molecule has 8 nitrogen and oxygen atoms in total. The van der Waals surface area contributed by atoms with Gasteiger partial charge in [-0.3, -0.25) is 9.59 Å². The van der Waals surface area contributed by atoms with E-state index >= 15 is 0 Å². The minimum atomic E-state index is -4.05. The van der Waals surface area contributed by atoms with Crippen molar-refractivity contribution in [1.29, 1.82) is 0 Å². The Bertz CT molecular complexity index is 1010. The van der Waals surface area contributed by atoms with Gasteiger partial charge in [0.05, 0.1) is 28.8 Å². The standard InChI is InChI=1S/C21H26ClN3O5S/c1-4-10-24-12-15(13-30-3)19-6-5-7-20(21(24)27)25(19)31(28,29)16-8-9-18(17(22)11-16)23-14(2)26/h1,8-9,11,15,19-20H,5-7,10,12-13H2,2-3H3,(H,23,26)/t15-,19+,20?/m1/s1. The molecule has 1 N–H and O–H groups in total. The second-order valence-corrected chi connectivity index (χ2v) is 10.1. The number of nitrogens with one attached hydrogen (secondary N) is 1. The van der Waals surface area contributed by atoms with Crippen molar-refractivity contribution in [2.24, 2.45) is 5.92 Å². The Morgan fingerprint density at radius 1 is 1.39 bits per heavy atom. The van der Waals surface area contributed by atoms with Gasteiger partial charge >= 0.3 is 0 Å². The van der Waals surface area contributed by atoms with E-state index in [4.69, 9.17) is 22.8 Å². The largest absolute Gasteiger partial charge is 0.384 e. The van der Waals surface area contributed by atoms with E-state index in [9.17, 15) is 18.0 Å². The van der Waals surface area contributed by atoms with E-state index in [2.05, 4.69) is 11.2 Å². The van der Waals surface area contributed by atoms with Crippen molar-refractivity contribution in [3.63, 3.8) is 0 Å². The highest BCUT2D eigenvalue weighted by Crippen LogP contribution is 2.38. The van der Waals surface area contributed by atoms with Gasteiger partial charge in [0.2, 0.25) is 21.8 Å². The van der Waals surface area contributed by atoms with Gasteiger partial charge in [-0.1, -0.05) is 17.5 Å². The summed E-state index contributed by atoms with van der Waals surface area (Å²) < 4.78 is 34.1. The highest BCUT2D eigenvalue weighted by atomic mass is 35.5.